The van der Waals surface area contributed by atoms with Crippen LogP contribution in [0.3, 0.4) is 0 Å². The minimum Gasteiger partial charge on any atom is -0.462 e. The molecule has 0 aliphatic carbocycles. The maximum Gasteiger partial charge on any atom is 0.350 e. The summed E-state index contributed by atoms with van der Waals surface area (Å²) < 4.78 is 10.5. The van der Waals surface area contributed by atoms with E-state index in [-0.39, 0.29) is 12.0 Å². The van der Waals surface area contributed by atoms with Crippen LogP contribution in [-0.4, -0.2) is 74.4 Å². The van der Waals surface area contributed by atoms with Crippen LogP contribution in [0.15, 0.2) is 4.99 Å². The standard InChI is InChI=1S/C19H33N5O3S/c1-5-20-19(21-8-7-9-24-10-12-26-13-11-24)23-15(4)17-22-14(3)16(28-17)18(25)27-6-2/h15H,5-13H2,1-4H3,(H2,20,21,23). The average molecular weight is 412 g/mol. The quantitative estimate of drug-likeness (QED) is 0.278. The topological polar surface area (TPSA) is 88.1 Å². The Morgan fingerprint density at radius 3 is 2.82 bits per heavy atom. The number of morpholine rings is 1. The predicted molar refractivity (Wildman–Crippen MR) is 112 cm³/mol. The summed E-state index contributed by atoms with van der Waals surface area (Å²) >= 11 is 1.37. The van der Waals surface area contributed by atoms with Crippen molar-refractivity contribution in [1.82, 2.24) is 20.5 Å². The number of ether oxygens (including phenoxy) is 2. The van der Waals surface area contributed by atoms with Gasteiger partial charge in [0.2, 0.25) is 0 Å². The Bertz CT molecular complexity index is 644. The molecule has 0 spiro atoms. The van der Waals surface area contributed by atoms with Crippen LogP contribution in [0.2, 0.25) is 0 Å². The van der Waals surface area contributed by atoms with E-state index in [1.165, 1.54) is 11.3 Å². The lowest BCUT2D eigenvalue weighted by atomic mass is 10.3. The molecule has 0 saturated carbocycles. The molecule has 2 rings (SSSR count). The Morgan fingerprint density at radius 2 is 2.14 bits per heavy atom. The van der Waals surface area contributed by atoms with Crippen LogP contribution in [-0.2, 0) is 9.47 Å². The van der Waals surface area contributed by atoms with E-state index in [0.717, 1.165) is 63.3 Å². The first kappa shape index (κ1) is 22.6. The number of aromatic nitrogens is 1. The van der Waals surface area contributed by atoms with Crippen molar-refractivity contribution < 1.29 is 14.3 Å². The fourth-order valence-electron chi connectivity index (χ4n) is 2.89. The zero-order valence-corrected chi connectivity index (χ0v) is 18.2. The summed E-state index contributed by atoms with van der Waals surface area (Å²) in [7, 11) is 0. The zero-order chi connectivity index (χ0) is 20.4. The molecule has 1 atom stereocenters. The molecule has 2 heterocycles. The highest BCUT2D eigenvalue weighted by Crippen LogP contribution is 2.24. The summed E-state index contributed by atoms with van der Waals surface area (Å²) in [4.78, 5) is 24.2. The third-order valence-corrected chi connectivity index (χ3v) is 5.67. The average Bonchev–Trinajstić information content (AvgIpc) is 3.08. The van der Waals surface area contributed by atoms with Gasteiger partial charge < -0.3 is 20.1 Å². The van der Waals surface area contributed by atoms with Crippen molar-refractivity contribution in [3.05, 3.63) is 15.6 Å². The van der Waals surface area contributed by atoms with Crippen LogP contribution in [0.1, 0.15) is 53.6 Å². The summed E-state index contributed by atoms with van der Waals surface area (Å²) in [5, 5.41) is 7.51. The number of nitrogens with zero attached hydrogens (tertiary/aromatic N) is 3. The van der Waals surface area contributed by atoms with Crippen molar-refractivity contribution in [2.24, 2.45) is 4.99 Å². The Labute approximate surface area is 171 Å². The molecular formula is C19H33N5O3S. The van der Waals surface area contributed by atoms with E-state index in [9.17, 15) is 4.79 Å². The Balaban J connectivity index is 1.89. The van der Waals surface area contributed by atoms with Gasteiger partial charge in [0.25, 0.3) is 0 Å². The highest BCUT2D eigenvalue weighted by atomic mass is 32.1. The number of hydrogen-bond donors (Lipinski definition) is 2. The minimum absolute atomic E-state index is 0.0519. The normalized spacial score (nSPS) is 16.6. The minimum atomic E-state index is -0.306. The van der Waals surface area contributed by atoms with Crippen molar-refractivity contribution in [1.29, 1.82) is 0 Å². The molecule has 8 nitrogen and oxygen atoms in total. The molecule has 28 heavy (non-hydrogen) atoms. The lowest BCUT2D eigenvalue weighted by Gasteiger charge is -2.26. The van der Waals surface area contributed by atoms with Gasteiger partial charge in [-0.3, -0.25) is 9.89 Å². The number of aryl methyl sites for hydroxylation is 1. The first-order chi connectivity index (χ1) is 13.5. The highest BCUT2D eigenvalue weighted by molar-refractivity contribution is 7.13. The lowest BCUT2D eigenvalue weighted by Crippen LogP contribution is -2.39. The first-order valence-corrected chi connectivity index (χ1v) is 10.9. The monoisotopic (exact) mass is 411 g/mol. The zero-order valence-electron chi connectivity index (χ0n) is 17.4. The number of carbonyl (C=O) groups excluding carboxylic acids is 1. The van der Waals surface area contributed by atoms with E-state index >= 15 is 0 Å². The van der Waals surface area contributed by atoms with Gasteiger partial charge >= 0.3 is 5.97 Å². The van der Waals surface area contributed by atoms with Gasteiger partial charge in [-0.1, -0.05) is 0 Å². The van der Waals surface area contributed by atoms with Crippen molar-refractivity contribution >= 4 is 23.3 Å². The largest absolute Gasteiger partial charge is 0.462 e. The number of esters is 1. The summed E-state index contributed by atoms with van der Waals surface area (Å²) in [5.74, 6) is 0.460. The van der Waals surface area contributed by atoms with Gasteiger partial charge in [-0.15, -0.1) is 11.3 Å². The number of hydrogen-bond acceptors (Lipinski definition) is 7. The van der Waals surface area contributed by atoms with Crippen molar-refractivity contribution in [2.75, 3.05) is 52.5 Å². The number of carbonyl (C=O) groups is 1. The highest BCUT2D eigenvalue weighted by Gasteiger charge is 2.20. The molecule has 1 aliphatic heterocycles. The number of guanidine groups is 1. The second kappa shape index (κ2) is 12.0. The van der Waals surface area contributed by atoms with Gasteiger partial charge in [0.05, 0.1) is 31.6 Å². The van der Waals surface area contributed by atoms with Gasteiger partial charge in [-0.2, -0.15) is 0 Å². The fraction of sp³-hybridized carbons (Fsp3) is 0.737. The fourth-order valence-corrected chi connectivity index (χ4v) is 3.85. The van der Waals surface area contributed by atoms with Crippen LogP contribution >= 0.6 is 11.3 Å². The number of aliphatic imine (C=N–C) groups is 1. The Morgan fingerprint density at radius 1 is 1.39 bits per heavy atom. The second-order valence-corrected chi connectivity index (χ2v) is 7.65. The van der Waals surface area contributed by atoms with Crippen molar-refractivity contribution in [2.45, 2.75) is 40.2 Å². The predicted octanol–water partition coefficient (Wildman–Crippen LogP) is 1.97. The van der Waals surface area contributed by atoms with Crippen LogP contribution in [0.25, 0.3) is 0 Å². The van der Waals surface area contributed by atoms with Gasteiger partial charge in [-0.25, -0.2) is 9.78 Å². The van der Waals surface area contributed by atoms with E-state index in [1.54, 1.807) is 6.92 Å². The van der Waals surface area contributed by atoms with Gasteiger partial charge in [0, 0.05) is 32.7 Å². The smallest absolute Gasteiger partial charge is 0.350 e. The van der Waals surface area contributed by atoms with Crippen molar-refractivity contribution in [3.8, 4) is 0 Å². The first-order valence-electron chi connectivity index (χ1n) is 10.0. The molecule has 1 aliphatic rings. The third-order valence-electron chi connectivity index (χ3n) is 4.35. The molecule has 0 amide bonds. The van der Waals surface area contributed by atoms with Gasteiger partial charge in [0.15, 0.2) is 5.96 Å². The third kappa shape index (κ3) is 7.03. The molecule has 9 heteroatoms. The molecule has 0 bridgehead atoms. The van der Waals surface area contributed by atoms with Crippen LogP contribution < -0.4 is 10.6 Å². The molecule has 0 aromatic carbocycles. The second-order valence-electron chi connectivity index (χ2n) is 6.62. The molecular weight excluding hydrogens is 378 g/mol. The van der Waals surface area contributed by atoms with Crippen LogP contribution in [0.4, 0.5) is 0 Å². The maximum absolute atomic E-state index is 12.0. The summed E-state index contributed by atoms with van der Waals surface area (Å²) in [6, 6.07) is -0.0519. The van der Waals surface area contributed by atoms with E-state index in [1.807, 2.05) is 20.8 Å². The van der Waals surface area contributed by atoms with E-state index in [4.69, 9.17) is 9.47 Å². The molecule has 158 valence electrons. The number of rotatable bonds is 9. The number of nitrogens with one attached hydrogen (secondary N) is 2. The molecule has 2 N–H and O–H groups in total. The van der Waals surface area contributed by atoms with Crippen LogP contribution in [0, 0.1) is 6.92 Å². The molecule has 0 radical (unpaired) electrons. The Hall–Kier alpha value is -1.71. The van der Waals surface area contributed by atoms with Gasteiger partial charge in [-0.05, 0) is 34.1 Å². The number of thiazole rings is 1. The molecule has 1 aromatic heterocycles. The maximum atomic E-state index is 12.0. The van der Waals surface area contributed by atoms with Crippen molar-refractivity contribution in [3.63, 3.8) is 0 Å². The summed E-state index contributed by atoms with van der Waals surface area (Å²) in [6.07, 6.45) is 1.01. The van der Waals surface area contributed by atoms with E-state index < -0.39 is 0 Å². The summed E-state index contributed by atoms with van der Waals surface area (Å²) in [5.41, 5.74) is 0.708. The van der Waals surface area contributed by atoms with Crippen LogP contribution in [0.5, 0.6) is 0 Å². The van der Waals surface area contributed by atoms with E-state index in [0.29, 0.717) is 17.2 Å². The Kier molecular flexibility index (Phi) is 9.66. The SMILES string of the molecule is CCNC(=NCCCN1CCOCC1)NC(C)c1nc(C)c(C(=O)OCC)s1. The molecule has 1 fully saturated rings. The summed E-state index contributed by atoms with van der Waals surface area (Å²) in [6.45, 7) is 14.3. The lowest BCUT2D eigenvalue weighted by molar-refractivity contribution is 0.0377. The molecule has 1 aromatic rings. The molecule has 1 unspecified atom stereocenters. The van der Waals surface area contributed by atoms with E-state index in [2.05, 4.69) is 25.5 Å². The molecule has 1 saturated heterocycles. The van der Waals surface area contributed by atoms with Gasteiger partial charge in [0.1, 0.15) is 9.88 Å².